The minimum absolute atomic E-state index is 0. The molecule has 1 aromatic heterocycles. The van der Waals surface area contributed by atoms with Gasteiger partial charge < -0.3 is 10.6 Å². The van der Waals surface area contributed by atoms with Crippen molar-refractivity contribution < 1.29 is 4.79 Å². The average Bonchev–Trinajstić information content (AvgIpc) is 2.41. The Morgan fingerprint density at radius 2 is 2.39 bits per heavy atom. The summed E-state index contributed by atoms with van der Waals surface area (Å²) in [7, 11) is 0. The summed E-state index contributed by atoms with van der Waals surface area (Å²) in [5.74, 6) is 0.717. The standard InChI is InChI=1S/C13H19N3O.ClH/c17-13(12-5-1-2-7-16-12)10-15-9-11-4-3-6-14-8-11;/h1-2,5,7,11,14-15H,3-4,6,8-10H2;1H. The van der Waals surface area contributed by atoms with Crippen LogP contribution in [0.15, 0.2) is 24.4 Å². The van der Waals surface area contributed by atoms with Crippen LogP contribution in [0.5, 0.6) is 0 Å². The zero-order chi connectivity index (χ0) is 11.9. The zero-order valence-corrected chi connectivity index (χ0v) is 11.2. The van der Waals surface area contributed by atoms with Crippen molar-refractivity contribution in [2.24, 2.45) is 5.92 Å². The average molecular weight is 270 g/mol. The van der Waals surface area contributed by atoms with Crippen LogP contribution in [0.4, 0.5) is 0 Å². The summed E-state index contributed by atoms with van der Waals surface area (Å²) in [6, 6.07) is 5.41. The SMILES string of the molecule is Cl.O=C(CNCC1CCCNC1)c1ccccn1. The number of carbonyl (C=O) groups excluding carboxylic acids is 1. The first kappa shape index (κ1) is 15.1. The molecule has 2 rings (SSSR count). The number of aromatic nitrogens is 1. The van der Waals surface area contributed by atoms with Gasteiger partial charge in [-0.2, -0.15) is 0 Å². The largest absolute Gasteiger partial charge is 0.316 e. The van der Waals surface area contributed by atoms with Crippen molar-refractivity contribution in [2.45, 2.75) is 12.8 Å². The molecule has 0 bridgehead atoms. The highest BCUT2D eigenvalue weighted by Crippen LogP contribution is 2.08. The molecule has 1 fully saturated rings. The van der Waals surface area contributed by atoms with Gasteiger partial charge in [0.15, 0.2) is 5.78 Å². The van der Waals surface area contributed by atoms with Crippen LogP contribution in [-0.4, -0.2) is 36.9 Å². The van der Waals surface area contributed by atoms with Crippen molar-refractivity contribution >= 4 is 18.2 Å². The van der Waals surface area contributed by atoms with Crippen molar-refractivity contribution in [3.8, 4) is 0 Å². The maximum absolute atomic E-state index is 11.7. The summed E-state index contributed by atoms with van der Waals surface area (Å²) in [6.07, 6.45) is 4.14. The van der Waals surface area contributed by atoms with Gasteiger partial charge >= 0.3 is 0 Å². The molecule has 1 aliphatic rings. The Morgan fingerprint density at radius 1 is 1.50 bits per heavy atom. The van der Waals surface area contributed by atoms with Gasteiger partial charge in [0.05, 0.1) is 6.54 Å². The molecule has 4 nitrogen and oxygen atoms in total. The van der Waals surface area contributed by atoms with E-state index in [9.17, 15) is 4.79 Å². The van der Waals surface area contributed by atoms with E-state index in [1.807, 2.05) is 12.1 Å². The number of pyridine rings is 1. The van der Waals surface area contributed by atoms with Crippen LogP contribution in [0.3, 0.4) is 0 Å². The number of piperidine rings is 1. The summed E-state index contributed by atoms with van der Waals surface area (Å²) < 4.78 is 0. The number of carbonyl (C=O) groups is 1. The highest BCUT2D eigenvalue weighted by molar-refractivity contribution is 5.95. The topological polar surface area (TPSA) is 54.0 Å². The van der Waals surface area contributed by atoms with E-state index in [-0.39, 0.29) is 18.2 Å². The van der Waals surface area contributed by atoms with Crippen LogP contribution in [0.2, 0.25) is 0 Å². The molecule has 2 N–H and O–H groups in total. The number of nitrogens with one attached hydrogen (secondary N) is 2. The van der Waals surface area contributed by atoms with E-state index >= 15 is 0 Å². The van der Waals surface area contributed by atoms with Crippen LogP contribution >= 0.6 is 12.4 Å². The molecule has 0 aromatic carbocycles. The number of Topliss-reactive ketones (excluding diaryl/α,β-unsaturated/α-hetero) is 1. The summed E-state index contributed by atoms with van der Waals surface area (Å²) in [6.45, 7) is 3.48. The third-order valence-corrected chi connectivity index (χ3v) is 3.07. The Hall–Kier alpha value is -0.970. The Bertz CT molecular complexity index is 353. The molecule has 0 radical (unpaired) electrons. The fourth-order valence-corrected chi connectivity index (χ4v) is 2.11. The van der Waals surface area contributed by atoms with E-state index in [2.05, 4.69) is 15.6 Å². The number of rotatable bonds is 5. The lowest BCUT2D eigenvalue weighted by Crippen LogP contribution is -2.37. The van der Waals surface area contributed by atoms with Gasteiger partial charge in [-0.05, 0) is 50.5 Å². The predicted molar refractivity (Wildman–Crippen MR) is 74.3 cm³/mol. The molecule has 2 heterocycles. The normalized spacial score (nSPS) is 19.0. The minimum atomic E-state index is 0. The molecule has 18 heavy (non-hydrogen) atoms. The van der Waals surface area contributed by atoms with Gasteiger partial charge in [-0.3, -0.25) is 9.78 Å². The molecule has 0 aliphatic carbocycles. The van der Waals surface area contributed by atoms with E-state index in [4.69, 9.17) is 0 Å². The Kier molecular flexibility index (Phi) is 6.86. The number of hydrogen-bond acceptors (Lipinski definition) is 4. The smallest absolute Gasteiger partial charge is 0.194 e. The molecule has 1 aromatic rings. The van der Waals surface area contributed by atoms with Crippen molar-refractivity contribution in [3.63, 3.8) is 0 Å². The summed E-state index contributed by atoms with van der Waals surface area (Å²) in [5, 5.41) is 6.59. The van der Waals surface area contributed by atoms with Crippen molar-refractivity contribution in [1.29, 1.82) is 0 Å². The molecule has 1 saturated heterocycles. The fourth-order valence-electron chi connectivity index (χ4n) is 2.11. The van der Waals surface area contributed by atoms with Crippen molar-refractivity contribution in [1.82, 2.24) is 15.6 Å². The molecule has 0 saturated carbocycles. The number of nitrogens with zero attached hydrogens (tertiary/aromatic N) is 1. The van der Waals surface area contributed by atoms with Crippen molar-refractivity contribution in [2.75, 3.05) is 26.2 Å². The number of hydrogen-bond donors (Lipinski definition) is 2. The van der Waals surface area contributed by atoms with Crippen molar-refractivity contribution in [3.05, 3.63) is 30.1 Å². The maximum atomic E-state index is 11.7. The minimum Gasteiger partial charge on any atom is -0.316 e. The monoisotopic (exact) mass is 269 g/mol. The lowest BCUT2D eigenvalue weighted by molar-refractivity contribution is 0.0984. The zero-order valence-electron chi connectivity index (χ0n) is 10.4. The lowest BCUT2D eigenvalue weighted by Gasteiger charge is -2.22. The van der Waals surface area contributed by atoms with Crippen LogP contribution in [-0.2, 0) is 0 Å². The van der Waals surface area contributed by atoms with E-state index in [0.717, 1.165) is 19.6 Å². The third-order valence-electron chi connectivity index (χ3n) is 3.07. The molecule has 1 atom stereocenters. The van der Waals surface area contributed by atoms with Crippen LogP contribution < -0.4 is 10.6 Å². The van der Waals surface area contributed by atoms with Gasteiger partial charge in [0.25, 0.3) is 0 Å². The third kappa shape index (κ3) is 4.72. The Labute approximate surface area is 114 Å². The molecule has 0 spiro atoms. The molecule has 0 amide bonds. The molecule has 1 unspecified atom stereocenters. The van der Waals surface area contributed by atoms with Gasteiger partial charge in [-0.25, -0.2) is 0 Å². The fraction of sp³-hybridized carbons (Fsp3) is 0.538. The first-order valence-corrected chi connectivity index (χ1v) is 6.22. The second kappa shape index (κ2) is 8.19. The van der Waals surface area contributed by atoms with Gasteiger partial charge in [-0.15, -0.1) is 12.4 Å². The number of ketones is 1. The molecular weight excluding hydrogens is 250 g/mol. The summed E-state index contributed by atoms with van der Waals surface area (Å²) >= 11 is 0. The van der Waals surface area contributed by atoms with E-state index < -0.39 is 0 Å². The van der Waals surface area contributed by atoms with Gasteiger partial charge in [0, 0.05) is 6.20 Å². The predicted octanol–water partition coefficient (Wildman–Crippen LogP) is 1.28. The summed E-state index contributed by atoms with van der Waals surface area (Å²) in [4.78, 5) is 15.8. The molecular formula is C13H20ClN3O. The van der Waals surface area contributed by atoms with Crippen LogP contribution in [0, 0.1) is 5.92 Å². The number of halogens is 1. The molecule has 1 aliphatic heterocycles. The van der Waals surface area contributed by atoms with E-state index in [0.29, 0.717) is 18.2 Å². The Balaban J connectivity index is 0.00000162. The van der Waals surface area contributed by atoms with Crippen LogP contribution in [0.1, 0.15) is 23.3 Å². The van der Waals surface area contributed by atoms with Gasteiger partial charge in [-0.1, -0.05) is 6.07 Å². The lowest BCUT2D eigenvalue weighted by atomic mass is 10.00. The highest BCUT2D eigenvalue weighted by Gasteiger charge is 2.13. The van der Waals surface area contributed by atoms with E-state index in [1.165, 1.54) is 12.8 Å². The van der Waals surface area contributed by atoms with Gasteiger partial charge in [0.1, 0.15) is 5.69 Å². The maximum Gasteiger partial charge on any atom is 0.194 e. The molecule has 100 valence electrons. The first-order chi connectivity index (χ1) is 8.36. The highest BCUT2D eigenvalue weighted by atomic mass is 35.5. The second-order valence-electron chi connectivity index (χ2n) is 4.48. The first-order valence-electron chi connectivity index (χ1n) is 6.22. The van der Waals surface area contributed by atoms with Crippen LogP contribution in [0.25, 0.3) is 0 Å². The second-order valence-corrected chi connectivity index (χ2v) is 4.48. The van der Waals surface area contributed by atoms with E-state index in [1.54, 1.807) is 12.3 Å². The summed E-state index contributed by atoms with van der Waals surface area (Å²) in [5.41, 5.74) is 0.543. The quantitative estimate of drug-likeness (QED) is 0.791. The van der Waals surface area contributed by atoms with Gasteiger partial charge in [0.2, 0.25) is 0 Å². The Morgan fingerprint density at radius 3 is 3.06 bits per heavy atom. The molecule has 5 heteroatoms.